The predicted molar refractivity (Wildman–Crippen MR) is 92.8 cm³/mol. The van der Waals surface area contributed by atoms with E-state index in [0.717, 1.165) is 38.7 Å². The number of anilines is 1. The molecule has 1 amide bonds. The summed E-state index contributed by atoms with van der Waals surface area (Å²) in [6.45, 7) is 6.92. The predicted octanol–water partition coefficient (Wildman–Crippen LogP) is 0.663. The largest absolute Gasteiger partial charge is 0.368 e. The maximum absolute atomic E-state index is 12.3. The van der Waals surface area contributed by atoms with Crippen molar-refractivity contribution in [2.45, 2.75) is 19.4 Å². The number of para-hydroxylation sites is 1. The summed E-state index contributed by atoms with van der Waals surface area (Å²) >= 11 is 0. The molecule has 0 bridgehead atoms. The molecule has 124 valence electrons. The lowest BCUT2D eigenvalue weighted by Crippen LogP contribution is -2.49. The average Bonchev–Trinajstić information content (AvgIpc) is 3.01. The van der Waals surface area contributed by atoms with Crippen LogP contribution in [0.15, 0.2) is 35.3 Å². The van der Waals surface area contributed by atoms with Gasteiger partial charge >= 0.3 is 0 Å². The van der Waals surface area contributed by atoms with Crippen LogP contribution in [0.2, 0.25) is 0 Å². The smallest absolute Gasteiger partial charge is 0.224 e. The quantitative estimate of drug-likeness (QED) is 0.857. The molecule has 23 heavy (non-hydrogen) atoms. The fraction of sp³-hybridized carbons (Fsp3) is 0.529. The van der Waals surface area contributed by atoms with Crippen molar-refractivity contribution in [2.24, 2.45) is 4.99 Å². The summed E-state index contributed by atoms with van der Waals surface area (Å²) in [5.74, 6) is 1.04. The molecule has 1 aromatic rings. The van der Waals surface area contributed by atoms with Crippen LogP contribution < -0.4 is 15.5 Å². The molecule has 0 spiro atoms. The summed E-state index contributed by atoms with van der Waals surface area (Å²) in [6, 6.07) is 10.8. The van der Waals surface area contributed by atoms with Gasteiger partial charge in [-0.05, 0) is 19.1 Å². The van der Waals surface area contributed by atoms with Gasteiger partial charge < -0.3 is 20.4 Å². The minimum Gasteiger partial charge on any atom is -0.368 e. The Hall–Kier alpha value is -2.24. The lowest BCUT2D eigenvalue weighted by Gasteiger charge is -2.36. The summed E-state index contributed by atoms with van der Waals surface area (Å²) in [4.78, 5) is 20.9. The highest BCUT2D eigenvalue weighted by molar-refractivity contribution is 5.82. The number of hydrogen-bond acceptors (Lipinski definition) is 5. The zero-order valence-corrected chi connectivity index (χ0v) is 13.7. The maximum Gasteiger partial charge on any atom is 0.224 e. The minimum atomic E-state index is 0.219. The van der Waals surface area contributed by atoms with Crippen molar-refractivity contribution < 1.29 is 4.79 Å². The van der Waals surface area contributed by atoms with Crippen LogP contribution in [-0.4, -0.2) is 62.1 Å². The van der Waals surface area contributed by atoms with Crippen molar-refractivity contribution >= 4 is 17.6 Å². The molecule has 0 aliphatic carbocycles. The Balaban J connectivity index is 1.38. The number of piperazine rings is 1. The topological polar surface area (TPSA) is 60.0 Å². The summed E-state index contributed by atoms with van der Waals surface area (Å²) in [7, 11) is 0. The number of carbonyl (C=O) groups is 1. The summed E-state index contributed by atoms with van der Waals surface area (Å²) in [5, 5.41) is 6.44. The van der Waals surface area contributed by atoms with Crippen LogP contribution in [0.3, 0.4) is 0 Å². The first kappa shape index (κ1) is 15.6. The second kappa shape index (κ2) is 7.35. The number of carbonyl (C=O) groups excluding carboxylic acids is 1. The highest BCUT2D eigenvalue weighted by Crippen LogP contribution is 2.15. The van der Waals surface area contributed by atoms with Gasteiger partial charge in [-0.1, -0.05) is 18.2 Å². The number of amides is 1. The first-order chi connectivity index (χ1) is 11.2. The lowest BCUT2D eigenvalue weighted by atomic mass is 10.2. The SMILES string of the molecule is CC1CN=C(NCCC(=O)N2CCN(c3ccccc3)CC2)N1. The fourth-order valence-electron chi connectivity index (χ4n) is 2.96. The fourth-order valence-corrected chi connectivity index (χ4v) is 2.96. The molecule has 1 atom stereocenters. The van der Waals surface area contributed by atoms with Gasteiger partial charge in [0.05, 0.1) is 6.54 Å². The van der Waals surface area contributed by atoms with Crippen LogP contribution in [0.1, 0.15) is 13.3 Å². The van der Waals surface area contributed by atoms with E-state index in [0.29, 0.717) is 19.0 Å². The van der Waals surface area contributed by atoms with Crippen molar-refractivity contribution in [3.63, 3.8) is 0 Å². The number of rotatable bonds is 4. The monoisotopic (exact) mass is 315 g/mol. The molecule has 1 fully saturated rings. The van der Waals surface area contributed by atoms with Gasteiger partial charge in [0.2, 0.25) is 5.91 Å². The van der Waals surface area contributed by atoms with E-state index in [1.807, 2.05) is 11.0 Å². The molecular weight excluding hydrogens is 290 g/mol. The maximum atomic E-state index is 12.3. The van der Waals surface area contributed by atoms with E-state index in [1.165, 1.54) is 5.69 Å². The number of hydrogen-bond donors (Lipinski definition) is 2. The molecular formula is C17H25N5O. The zero-order chi connectivity index (χ0) is 16.1. The molecule has 2 aliphatic heterocycles. The molecule has 2 N–H and O–H groups in total. The standard InChI is InChI=1S/C17H25N5O/c1-14-13-19-17(20-14)18-8-7-16(23)22-11-9-21(10-12-22)15-5-3-2-4-6-15/h2-6,14H,7-13H2,1H3,(H2,18,19,20). The Morgan fingerprint density at radius 3 is 2.65 bits per heavy atom. The van der Waals surface area contributed by atoms with E-state index in [4.69, 9.17) is 0 Å². The van der Waals surface area contributed by atoms with E-state index in [1.54, 1.807) is 0 Å². The number of nitrogens with one attached hydrogen (secondary N) is 2. The molecule has 1 saturated heterocycles. The molecule has 0 saturated carbocycles. The summed E-state index contributed by atoms with van der Waals surface area (Å²) in [5.41, 5.74) is 1.24. The second-order valence-corrected chi connectivity index (χ2v) is 6.11. The van der Waals surface area contributed by atoms with E-state index >= 15 is 0 Å². The first-order valence-electron chi connectivity index (χ1n) is 8.35. The van der Waals surface area contributed by atoms with Crippen LogP contribution in [0.4, 0.5) is 5.69 Å². The highest BCUT2D eigenvalue weighted by Gasteiger charge is 2.21. The van der Waals surface area contributed by atoms with Crippen molar-refractivity contribution in [1.82, 2.24) is 15.5 Å². The van der Waals surface area contributed by atoms with Crippen LogP contribution >= 0.6 is 0 Å². The molecule has 1 unspecified atom stereocenters. The number of aliphatic imine (C=N–C) groups is 1. The molecule has 3 rings (SSSR count). The molecule has 6 heteroatoms. The Kier molecular flexibility index (Phi) is 5.00. The molecule has 6 nitrogen and oxygen atoms in total. The summed E-state index contributed by atoms with van der Waals surface area (Å²) in [6.07, 6.45) is 0.514. The van der Waals surface area contributed by atoms with Gasteiger partial charge in [-0.15, -0.1) is 0 Å². The van der Waals surface area contributed by atoms with Gasteiger partial charge in [0, 0.05) is 50.9 Å². The van der Waals surface area contributed by atoms with Crippen molar-refractivity contribution in [2.75, 3.05) is 44.2 Å². The lowest BCUT2D eigenvalue weighted by molar-refractivity contribution is -0.131. The second-order valence-electron chi connectivity index (χ2n) is 6.11. The molecule has 2 heterocycles. The summed E-state index contributed by atoms with van der Waals surface area (Å²) < 4.78 is 0. The third-order valence-corrected chi connectivity index (χ3v) is 4.29. The highest BCUT2D eigenvalue weighted by atomic mass is 16.2. The van der Waals surface area contributed by atoms with E-state index in [2.05, 4.69) is 51.7 Å². The molecule has 0 aromatic heterocycles. The number of guanidine groups is 1. The van der Waals surface area contributed by atoms with Crippen molar-refractivity contribution in [3.8, 4) is 0 Å². The molecule has 2 aliphatic rings. The van der Waals surface area contributed by atoms with Gasteiger partial charge in [0.1, 0.15) is 0 Å². The first-order valence-corrected chi connectivity index (χ1v) is 8.35. The third kappa shape index (κ3) is 4.15. The van der Waals surface area contributed by atoms with E-state index in [9.17, 15) is 4.79 Å². The Bertz CT molecular complexity index is 551. The van der Waals surface area contributed by atoms with E-state index in [-0.39, 0.29) is 5.91 Å². The Morgan fingerprint density at radius 1 is 1.26 bits per heavy atom. The number of nitrogens with zero attached hydrogens (tertiary/aromatic N) is 3. The van der Waals surface area contributed by atoms with E-state index < -0.39 is 0 Å². The van der Waals surface area contributed by atoms with Crippen LogP contribution in [-0.2, 0) is 4.79 Å². The van der Waals surface area contributed by atoms with Crippen LogP contribution in [0, 0.1) is 0 Å². The van der Waals surface area contributed by atoms with Gasteiger partial charge in [-0.3, -0.25) is 9.79 Å². The van der Waals surface area contributed by atoms with Crippen LogP contribution in [0.5, 0.6) is 0 Å². The molecule has 0 radical (unpaired) electrons. The number of benzene rings is 1. The normalized spacial score (nSPS) is 20.9. The zero-order valence-electron chi connectivity index (χ0n) is 13.7. The Labute approximate surface area is 137 Å². The average molecular weight is 315 g/mol. The van der Waals surface area contributed by atoms with Gasteiger partial charge in [0.25, 0.3) is 0 Å². The van der Waals surface area contributed by atoms with Gasteiger partial charge in [-0.25, -0.2) is 0 Å². The minimum absolute atomic E-state index is 0.219. The van der Waals surface area contributed by atoms with Crippen LogP contribution in [0.25, 0.3) is 0 Å². The molecule has 1 aromatic carbocycles. The Morgan fingerprint density at radius 2 is 2.00 bits per heavy atom. The van der Waals surface area contributed by atoms with Gasteiger partial charge in [0.15, 0.2) is 5.96 Å². The van der Waals surface area contributed by atoms with Crippen molar-refractivity contribution in [1.29, 1.82) is 0 Å². The van der Waals surface area contributed by atoms with Crippen molar-refractivity contribution in [3.05, 3.63) is 30.3 Å². The van der Waals surface area contributed by atoms with Gasteiger partial charge in [-0.2, -0.15) is 0 Å². The third-order valence-electron chi connectivity index (χ3n) is 4.29.